The summed E-state index contributed by atoms with van der Waals surface area (Å²) < 4.78 is 0. The molecule has 0 heterocycles. The molecule has 1 aliphatic carbocycles. The van der Waals surface area contributed by atoms with E-state index < -0.39 is 0 Å². The average Bonchev–Trinajstić information content (AvgIpc) is 2.16. The molecule has 0 aromatic carbocycles. The fraction of sp³-hybridized carbons (Fsp3) is 0.455. The van der Waals surface area contributed by atoms with Gasteiger partial charge in [0, 0.05) is 6.54 Å². The van der Waals surface area contributed by atoms with Crippen molar-refractivity contribution in [1.29, 1.82) is 0 Å². The highest BCUT2D eigenvalue weighted by Crippen LogP contribution is 2.18. The van der Waals surface area contributed by atoms with Crippen molar-refractivity contribution in [3.63, 3.8) is 0 Å². The van der Waals surface area contributed by atoms with Crippen molar-refractivity contribution in [2.75, 3.05) is 6.54 Å². The van der Waals surface area contributed by atoms with Crippen LogP contribution in [0.3, 0.4) is 0 Å². The smallest absolute Gasteiger partial charge is 0.0636 e. The fourth-order valence-corrected chi connectivity index (χ4v) is 1.33. The van der Waals surface area contributed by atoms with Gasteiger partial charge in [-0.25, -0.2) is 0 Å². The molecule has 1 aliphatic rings. The van der Waals surface area contributed by atoms with Crippen LogP contribution in [0.4, 0.5) is 0 Å². The topological polar surface area (TPSA) is 32.3 Å². The highest BCUT2D eigenvalue weighted by atomic mass is 16.3. The van der Waals surface area contributed by atoms with E-state index >= 15 is 0 Å². The van der Waals surface area contributed by atoms with Crippen molar-refractivity contribution in [2.24, 2.45) is 0 Å². The molecular weight excluding hydrogens is 162 g/mol. The summed E-state index contributed by atoms with van der Waals surface area (Å²) in [5.74, 6) is 0. The second-order valence-electron chi connectivity index (χ2n) is 3.47. The van der Waals surface area contributed by atoms with Crippen molar-refractivity contribution < 1.29 is 5.11 Å². The number of allylic oxidation sites excluding steroid dienone is 2. The van der Waals surface area contributed by atoms with Gasteiger partial charge in [-0.15, -0.1) is 6.58 Å². The Morgan fingerprint density at radius 1 is 1.69 bits per heavy atom. The van der Waals surface area contributed by atoms with E-state index in [1.165, 1.54) is 0 Å². The minimum Gasteiger partial charge on any atom is -0.392 e. The Bertz CT molecular complexity index is 230. The van der Waals surface area contributed by atoms with E-state index in [9.17, 15) is 0 Å². The van der Waals surface area contributed by atoms with E-state index in [1.54, 1.807) is 6.92 Å². The van der Waals surface area contributed by atoms with Crippen LogP contribution in [-0.2, 0) is 0 Å². The molecule has 2 atom stereocenters. The van der Waals surface area contributed by atoms with Crippen LogP contribution in [0.2, 0.25) is 0 Å². The molecule has 0 aliphatic heterocycles. The van der Waals surface area contributed by atoms with Crippen LogP contribution in [-0.4, -0.2) is 23.3 Å². The summed E-state index contributed by atoms with van der Waals surface area (Å²) in [6, 6.07) is 0. The van der Waals surface area contributed by atoms with Crippen molar-refractivity contribution in [3.05, 3.63) is 37.0 Å². The van der Waals surface area contributed by atoms with Crippen molar-refractivity contribution in [1.82, 2.24) is 5.32 Å². The maximum atomic E-state index is 9.15. The van der Waals surface area contributed by atoms with E-state index in [2.05, 4.69) is 24.0 Å². The molecule has 13 heavy (non-hydrogen) atoms. The van der Waals surface area contributed by atoms with E-state index in [0.29, 0.717) is 6.54 Å². The number of hydrogen-bond donors (Lipinski definition) is 2. The Balaban J connectivity index is 2.55. The highest BCUT2D eigenvalue weighted by Gasteiger charge is 2.22. The summed E-state index contributed by atoms with van der Waals surface area (Å²) in [7, 11) is 0. The average molecular weight is 179 g/mol. The van der Waals surface area contributed by atoms with Gasteiger partial charge in [0.25, 0.3) is 0 Å². The van der Waals surface area contributed by atoms with Crippen molar-refractivity contribution in [3.8, 4) is 0 Å². The second-order valence-corrected chi connectivity index (χ2v) is 3.47. The third kappa shape index (κ3) is 2.83. The van der Waals surface area contributed by atoms with Crippen LogP contribution in [0.1, 0.15) is 13.3 Å². The molecule has 0 aromatic rings. The molecule has 2 N–H and O–H groups in total. The zero-order valence-electron chi connectivity index (χ0n) is 8.03. The summed E-state index contributed by atoms with van der Waals surface area (Å²) >= 11 is 0. The molecule has 0 saturated carbocycles. The lowest BCUT2D eigenvalue weighted by atomic mass is 9.91. The Hall–Kier alpha value is -0.860. The molecule has 0 spiro atoms. The standard InChI is InChI=1S/C11H17NO/c1-3-11(12-9-10(2)13)7-5-4-6-8-11/h3-7,10,12-13H,1,8-9H2,2H3. The first-order valence-corrected chi connectivity index (χ1v) is 4.59. The summed E-state index contributed by atoms with van der Waals surface area (Å²) in [6.45, 7) is 6.16. The van der Waals surface area contributed by atoms with E-state index in [4.69, 9.17) is 5.11 Å². The number of aliphatic hydroxyl groups is 1. The molecule has 2 nitrogen and oxygen atoms in total. The maximum Gasteiger partial charge on any atom is 0.0636 e. The van der Waals surface area contributed by atoms with Crippen LogP contribution in [0, 0.1) is 0 Å². The zero-order chi connectivity index (χ0) is 9.73. The largest absolute Gasteiger partial charge is 0.392 e. The summed E-state index contributed by atoms with van der Waals surface area (Å²) in [5, 5.41) is 12.4. The molecule has 0 fully saturated rings. The van der Waals surface area contributed by atoms with E-state index in [0.717, 1.165) is 6.42 Å². The first-order valence-electron chi connectivity index (χ1n) is 4.59. The quantitative estimate of drug-likeness (QED) is 0.639. The monoisotopic (exact) mass is 179 g/mol. The lowest BCUT2D eigenvalue weighted by Gasteiger charge is -2.29. The van der Waals surface area contributed by atoms with Gasteiger partial charge in [-0.05, 0) is 13.3 Å². The van der Waals surface area contributed by atoms with Crippen LogP contribution in [0.5, 0.6) is 0 Å². The summed E-state index contributed by atoms with van der Waals surface area (Å²) in [6.07, 6.45) is 10.6. The first kappa shape index (κ1) is 10.2. The van der Waals surface area contributed by atoms with Gasteiger partial charge >= 0.3 is 0 Å². The van der Waals surface area contributed by atoms with Crippen LogP contribution >= 0.6 is 0 Å². The van der Waals surface area contributed by atoms with Gasteiger partial charge in [-0.1, -0.05) is 30.4 Å². The lowest BCUT2D eigenvalue weighted by molar-refractivity contribution is 0.183. The Labute approximate surface area is 79.7 Å². The second kappa shape index (κ2) is 4.40. The number of nitrogens with one attached hydrogen (secondary N) is 1. The van der Waals surface area contributed by atoms with Gasteiger partial charge in [0.05, 0.1) is 11.6 Å². The molecule has 0 amide bonds. The van der Waals surface area contributed by atoms with E-state index in [1.807, 2.05) is 18.2 Å². The molecule has 72 valence electrons. The Morgan fingerprint density at radius 3 is 2.92 bits per heavy atom. The predicted octanol–water partition coefficient (Wildman–Crippen LogP) is 1.40. The third-order valence-electron chi connectivity index (χ3n) is 2.19. The Kier molecular flexibility index (Phi) is 3.46. The molecule has 2 unspecified atom stereocenters. The van der Waals surface area contributed by atoms with Crippen LogP contribution < -0.4 is 5.32 Å². The number of β-amino-alcohol motifs (C(OH)–C–C–N with tert-alkyl or cyclic N) is 1. The molecule has 2 heteroatoms. The molecule has 0 bridgehead atoms. The summed E-state index contributed by atoms with van der Waals surface area (Å²) in [5.41, 5.74) is -0.161. The van der Waals surface area contributed by atoms with Crippen LogP contribution in [0.15, 0.2) is 37.0 Å². The van der Waals surface area contributed by atoms with Gasteiger partial charge in [0.15, 0.2) is 0 Å². The van der Waals surface area contributed by atoms with Crippen molar-refractivity contribution >= 4 is 0 Å². The SMILES string of the molecule is C=CC1(NCC(C)O)C=CC=CC1. The Morgan fingerprint density at radius 2 is 2.46 bits per heavy atom. The number of hydrogen-bond acceptors (Lipinski definition) is 2. The molecule has 0 radical (unpaired) electrons. The molecule has 0 saturated heterocycles. The normalized spacial score (nSPS) is 28.8. The minimum atomic E-state index is -0.323. The number of rotatable bonds is 4. The van der Waals surface area contributed by atoms with Gasteiger partial charge in [0.2, 0.25) is 0 Å². The first-order chi connectivity index (χ1) is 6.18. The molecule has 0 aromatic heterocycles. The zero-order valence-corrected chi connectivity index (χ0v) is 8.03. The van der Waals surface area contributed by atoms with Gasteiger partial charge in [-0.3, -0.25) is 0 Å². The van der Waals surface area contributed by atoms with Crippen LogP contribution in [0.25, 0.3) is 0 Å². The van der Waals surface area contributed by atoms with Gasteiger partial charge in [-0.2, -0.15) is 0 Å². The maximum absolute atomic E-state index is 9.15. The third-order valence-corrected chi connectivity index (χ3v) is 2.19. The predicted molar refractivity (Wildman–Crippen MR) is 55.5 cm³/mol. The summed E-state index contributed by atoms with van der Waals surface area (Å²) in [4.78, 5) is 0. The van der Waals surface area contributed by atoms with E-state index in [-0.39, 0.29) is 11.6 Å². The molecule has 1 rings (SSSR count). The molecular formula is C11H17NO. The fourth-order valence-electron chi connectivity index (χ4n) is 1.33. The van der Waals surface area contributed by atoms with Gasteiger partial charge < -0.3 is 10.4 Å². The minimum absolute atomic E-state index is 0.161. The number of aliphatic hydroxyl groups excluding tert-OH is 1. The highest BCUT2D eigenvalue weighted by molar-refractivity contribution is 5.26. The van der Waals surface area contributed by atoms with Gasteiger partial charge in [0.1, 0.15) is 0 Å². The lowest BCUT2D eigenvalue weighted by Crippen LogP contribution is -2.44. The van der Waals surface area contributed by atoms with Crippen molar-refractivity contribution in [2.45, 2.75) is 25.0 Å².